The highest BCUT2D eigenvalue weighted by Gasteiger charge is 2.23. The highest BCUT2D eigenvalue weighted by atomic mass is 19.1. The summed E-state index contributed by atoms with van der Waals surface area (Å²) in [5.41, 5.74) is 1.47. The largest absolute Gasteiger partial charge is 0.461 e. The number of rotatable bonds is 7. The van der Waals surface area contributed by atoms with E-state index in [1.807, 2.05) is 0 Å². The van der Waals surface area contributed by atoms with Crippen molar-refractivity contribution >= 4 is 11.5 Å². The van der Waals surface area contributed by atoms with Crippen LogP contribution in [0.3, 0.4) is 0 Å². The molecular formula is C18H26FNO2. The zero-order chi connectivity index (χ0) is 15.9. The van der Waals surface area contributed by atoms with Gasteiger partial charge in [0.1, 0.15) is 0 Å². The molecule has 0 amide bonds. The van der Waals surface area contributed by atoms with Crippen LogP contribution in [0.5, 0.6) is 0 Å². The Morgan fingerprint density at radius 2 is 2.23 bits per heavy atom. The third-order valence-corrected chi connectivity index (χ3v) is 4.38. The summed E-state index contributed by atoms with van der Waals surface area (Å²) in [4.78, 5) is 14.4. The number of allylic oxidation sites excluding steroid dienone is 2. The second kappa shape index (κ2) is 8.16. The minimum atomic E-state index is -0.625. The molecule has 1 aliphatic rings. The van der Waals surface area contributed by atoms with E-state index in [9.17, 15) is 9.18 Å². The fourth-order valence-electron chi connectivity index (χ4n) is 3.07. The fraction of sp³-hybridized carbons (Fsp3) is 0.611. The van der Waals surface area contributed by atoms with Crippen molar-refractivity contribution in [2.75, 3.05) is 6.61 Å². The molecular weight excluding hydrogens is 281 g/mol. The fourth-order valence-corrected chi connectivity index (χ4v) is 3.07. The zero-order valence-electron chi connectivity index (χ0n) is 13.6. The molecule has 22 heavy (non-hydrogen) atoms. The summed E-state index contributed by atoms with van der Waals surface area (Å²) >= 11 is 0. The van der Waals surface area contributed by atoms with E-state index in [2.05, 4.69) is 18.0 Å². The SMILES string of the molecule is CCCCCC1CC=C(c2c[nH]c(C(=O)OCC)c2F)CC1. The van der Waals surface area contributed by atoms with Gasteiger partial charge in [0.05, 0.1) is 6.61 Å². The lowest BCUT2D eigenvalue weighted by molar-refractivity contribution is 0.0515. The van der Waals surface area contributed by atoms with Gasteiger partial charge < -0.3 is 9.72 Å². The number of carbonyl (C=O) groups is 1. The molecule has 122 valence electrons. The Labute approximate surface area is 131 Å². The number of esters is 1. The van der Waals surface area contributed by atoms with Crippen molar-refractivity contribution < 1.29 is 13.9 Å². The summed E-state index contributed by atoms with van der Waals surface area (Å²) < 4.78 is 19.2. The Hall–Kier alpha value is -1.58. The number of hydrogen-bond acceptors (Lipinski definition) is 2. The van der Waals surface area contributed by atoms with Crippen molar-refractivity contribution in [2.24, 2.45) is 5.92 Å². The molecule has 0 radical (unpaired) electrons. The van der Waals surface area contributed by atoms with Gasteiger partial charge in [-0.25, -0.2) is 9.18 Å². The van der Waals surface area contributed by atoms with Crippen molar-refractivity contribution in [3.63, 3.8) is 0 Å². The van der Waals surface area contributed by atoms with Crippen molar-refractivity contribution in [2.45, 2.75) is 58.8 Å². The second-order valence-electron chi connectivity index (χ2n) is 5.98. The minimum absolute atomic E-state index is 0.0668. The molecule has 1 aromatic heterocycles. The summed E-state index contributed by atoms with van der Waals surface area (Å²) in [6.45, 7) is 4.17. The van der Waals surface area contributed by atoms with Gasteiger partial charge >= 0.3 is 5.97 Å². The van der Waals surface area contributed by atoms with Crippen LogP contribution in [0.2, 0.25) is 0 Å². The predicted octanol–water partition coefficient (Wildman–Crippen LogP) is 5.09. The Bertz CT molecular complexity index is 533. The molecule has 1 unspecified atom stereocenters. The molecule has 4 heteroatoms. The monoisotopic (exact) mass is 307 g/mol. The summed E-state index contributed by atoms with van der Waals surface area (Å²) in [6.07, 6.45) is 11.8. The van der Waals surface area contributed by atoms with Crippen LogP contribution >= 0.6 is 0 Å². The standard InChI is InChI=1S/C18H26FNO2/c1-3-5-6-7-13-8-10-14(11-9-13)15-12-20-17(16(15)19)18(21)22-4-2/h10,12-13,20H,3-9,11H2,1-2H3. The normalized spacial score (nSPS) is 18.1. The van der Waals surface area contributed by atoms with E-state index in [-0.39, 0.29) is 12.3 Å². The lowest BCUT2D eigenvalue weighted by atomic mass is 9.84. The number of carbonyl (C=O) groups excluding carboxylic acids is 1. The molecule has 3 nitrogen and oxygen atoms in total. The lowest BCUT2D eigenvalue weighted by Gasteiger charge is -2.21. The number of ether oxygens (including phenoxy) is 1. The number of hydrogen-bond donors (Lipinski definition) is 1. The third-order valence-electron chi connectivity index (χ3n) is 4.38. The van der Waals surface area contributed by atoms with Gasteiger partial charge in [-0.3, -0.25) is 0 Å². The number of aromatic amines is 1. The van der Waals surface area contributed by atoms with Gasteiger partial charge in [-0.2, -0.15) is 0 Å². The van der Waals surface area contributed by atoms with Gasteiger partial charge in [-0.15, -0.1) is 0 Å². The van der Waals surface area contributed by atoms with E-state index in [0.717, 1.165) is 30.8 Å². The van der Waals surface area contributed by atoms with Crippen LogP contribution in [-0.2, 0) is 4.74 Å². The molecule has 0 fully saturated rings. The number of aromatic nitrogens is 1. The van der Waals surface area contributed by atoms with Gasteiger partial charge in [-0.1, -0.05) is 38.7 Å². The van der Waals surface area contributed by atoms with Crippen LogP contribution in [0, 0.1) is 11.7 Å². The van der Waals surface area contributed by atoms with Crippen LogP contribution < -0.4 is 0 Å². The maximum atomic E-state index is 14.4. The maximum Gasteiger partial charge on any atom is 0.357 e. The molecule has 1 atom stereocenters. The topological polar surface area (TPSA) is 42.1 Å². The molecule has 1 N–H and O–H groups in total. The first-order valence-corrected chi connectivity index (χ1v) is 8.40. The molecule has 0 spiro atoms. The van der Waals surface area contributed by atoms with Gasteiger partial charge in [0.15, 0.2) is 11.5 Å². The highest BCUT2D eigenvalue weighted by molar-refractivity contribution is 5.89. The Morgan fingerprint density at radius 1 is 1.41 bits per heavy atom. The summed E-state index contributed by atoms with van der Waals surface area (Å²) in [6, 6.07) is 0. The highest BCUT2D eigenvalue weighted by Crippen LogP contribution is 2.34. The van der Waals surface area contributed by atoms with Crippen molar-refractivity contribution in [1.82, 2.24) is 4.98 Å². The molecule has 0 aliphatic heterocycles. The predicted molar refractivity (Wildman–Crippen MR) is 86.2 cm³/mol. The molecule has 0 aromatic carbocycles. The van der Waals surface area contributed by atoms with E-state index in [0.29, 0.717) is 5.56 Å². The first kappa shape index (κ1) is 16.8. The van der Waals surface area contributed by atoms with Crippen LogP contribution in [0.4, 0.5) is 4.39 Å². The molecule has 0 bridgehead atoms. The van der Waals surface area contributed by atoms with E-state index >= 15 is 0 Å². The third kappa shape index (κ3) is 3.99. The van der Waals surface area contributed by atoms with Crippen LogP contribution in [0.25, 0.3) is 5.57 Å². The molecule has 1 aromatic rings. The quantitative estimate of drug-likeness (QED) is 0.563. The molecule has 2 rings (SSSR count). The van der Waals surface area contributed by atoms with Crippen molar-refractivity contribution in [1.29, 1.82) is 0 Å². The summed E-state index contributed by atoms with van der Waals surface area (Å²) in [5.74, 6) is -0.379. The molecule has 0 saturated heterocycles. The Morgan fingerprint density at radius 3 is 2.86 bits per heavy atom. The Kier molecular flexibility index (Phi) is 6.22. The van der Waals surface area contributed by atoms with E-state index in [1.165, 1.54) is 25.7 Å². The van der Waals surface area contributed by atoms with Gasteiger partial charge in [0.25, 0.3) is 0 Å². The zero-order valence-corrected chi connectivity index (χ0v) is 13.6. The summed E-state index contributed by atoms with van der Waals surface area (Å²) in [7, 11) is 0. The Balaban J connectivity index is 2.00. The second-order valence-corrected chi connectivity index (χ2v) is 5.98. The van der Waals surface area contributed by atoms with Gasteiger partial charge in [0, 0.05) is 11.8 Å². The number of halogens is 1. The van der Waals surface area contributed by atoms with Crippen LogP contribution in [0.1, 0.15) is 74.8 Å². The summed E-state index contributed by atoms with van der Waals surface area (Å²) in [5, 5.41) is 0. The number of unbranched alkanes of at least 4 members (excludes halogenated alkanes) is 2. The smallest absolute Gasteiger partial charge is 0.357 e. The maximum absolute atomic E-state index is 14.4. The molecule has 0 saturated carbocycles. The van der Waals surface area contributed by atoms with Crippen molar-refractivity contribution in [3.8, 4) is 0 Å². The number of nitrogens with one attached hydrogen (secondary N) is 1. The van der Waals surface area contributed by atoms with E-state index in [4.69, 9.17) is 4.74 Å². The number of H-pyrrole nitrogens is 1. The average Bonchev–Trinajstić information content (AvgIpc) is 2.90. The van der Waals surface area contributed by atoms with Crippen LogP contribution in [0.15, 0.2) is 12.3 Å². The van der Waals surface area contributed by atoms with Gasteiger partial charge in [-0.05, 0) is 37.7 Å². The first-order valence-electron chi connectivity index (χ1n) is 8.40. The minimum Gasteiger partial charge on any atom is -0.461 e. The first-order chi connectivity index (χ1) is 10.7. The molecule has 1 aliphatic carbocycles. The van der Waals surface area contributed by atoms with E-state index < -0.39 is 11.8 Å². The van der Waals surface area contributed by atoms with E-state index in [1.54, 1.807) is 13.1 Å². The lowest BCUT2D eigenvalue weighted by Crippen LogP contribution is -2.08. The molecule has 1 heterocycles. The average molecular weight is 307 g/mol. The van der Waals surface area contributed by atoms with Gasteiger partial charge in [0.2, 0.25) is 0 Å². The van der Waals surface area contributed by atoms with Crippen molar-refractivity contribution in [3.05, 3.63) is 29.3 Å². The van der Waals surface area contributed by atoms with Crippen LogP contribution in [-0.4, -0.2) is 17.6 Å².